The van der Waals surface area contributed by atoms with Gasteiger partial charge in [-0.1, -0.05) is 29.8 Å². The molecule has 28 heavy (non-hydrogen) atoms. The highest BCUT2D eigenvalue weighted by Gasteiger charge is 2.18. The molecule has 3 aromatic rings. The van der Waals surface area contributed by atoms with Gasteiger partial charge in [0.05, 0.1) is 11.0 Å². The Hall–Kier alpha value is -3.48. The standard InChI is InChI=1S/C21H22N4O3/c1-13-9-10-16(14(2)11-13)22-19(27)12-25-18-8-6-5-7-17(18)23-20(21(25)28)24(4)15(3)26/h5-11H,12H2,1-4H3,(H,22,27). The molecule has 0 spiro atoms. The number of aryl methyl sites for hydroxylation is 2. The number of benzene rings is 2. The molecule has 0 saturated heterocycles. The fourth-order valence-corrected chi connectivity index (χ4v) is 2.99. The summed E-state index contributed by atoms with van der Waals surface area (Å²) in [4.78, 5) is 42.8. The lowest BCUT2D eigenvalue weighted by atomic mass is 10.1. The first-order valence-electron chi connectivity index (χ1n) is 8.89. The van der Waals surface area contributed by atoms with Crippen molar-refractivity contribution in [3.63, 3.8) is 0 Å². The summed E-state index contributed by atoms with van der Waals surface area (Å²) in [6, 6.07) is 12.8. The maximum absolute atomic E-state index is 13.0. The van der Waals surface area contributed by atoms with Crippen molar-refractivity contribution < 1.29 is 9.59 Å². The van der Waals surface area contributed by atoms with Crippen molar-refractivity contribution >= 4 is 34.4 Å². The third-order valence-electron chi connectivity index (χ3n) is 4.58. The van der Waals surface area contributed by atoms with Crippen LogP contribution < -0.4 is 15.8 Å². The van der Waals surface area contributed by atoms with Gasteiger partial charge in [-0.05, 0) is 37.6 Å². The molecule has 3 rings (SSSR count). The Morgan fingerprint density at radius 2 is 1.86 bits per heavy atom. The second kappa shape index (κ2) is 7.64. The van der Waals surface area contributed by atoms with Gasteiger partial charge in [-0.2, -0.15) is 0 Å². The van der Waals surface area contributed by atoms with Crippen LogP contribution in [-0.2, 0) is 16.1 Å². The summed E-state index contributed by atoms with van der Waals surface area (Å²) < 4.78 is 1.34. The predicted octanol–water partition coefficient (Wildman–Crippen LogP) is 2.63. The number of para-hydroxylation sites is 2. The number of fused-ring (bicyclic) bond motifs is 1. The van der Waals surface area contributed by atoms with Crippen LogP contribution in [0.5, 0.6) is 0 Å². The van der Waals surface area contributed by atoms with E-state index in [4.69, 9.17) is 0 Å². The largest absolute Gasteiger partial charge is 0.324 e. The van der Waals surface area contributed by atoms with Gasteiger partial charge in [0.1, 0.15) is 6.54 Å². The second-order valence-electron chi connectivity index (χ2n) is 6.76. The van der Waals surface area contributed by atoms with Crippen molar-refractivity contribution in [3.05, 3.63) is 63.9 Å². The van der Waals surface area contributed by atoms with Crippen molar-refractivity contribution in [1.82, 2.24) is 9.55 Å². The Bertz CT molecular complexity index is 1130. The van der Waals surface area contributed by atoms with E-state index in [0.29, 0.717) is 16.7 Å². The summed E-state index contributed by atoms with van der Waals surface area (Å²) in [7, 11) is 1.49. The Labute approximate surface area is 162 Å². The molecule has 2 amide bonds. The Balaban J connectivity index is 2.01. The number of nitrogens with zero attached hydrogens (tertiary/aromatic N) is 3. The first-order valence-corrected chi connectivity index (χ1v) is 8.89. The summed E-state index contributed by atoms with van der Waals surface area (Å²) >= 11 is 0. The molecule has 0 bridgehead atoms. The zero-order valence-corrected chi connectivity index (χ0v) is 16.3. The van der Waals surface area contributed by atoms with E-state index in [2.05, 4.69) is 10.3 Å². The quantitative estimate of drug-likeness (QED) is 0.756. The highest BCUT2D eigenvalue weighted by Crippen LogP contribution is 2.17. The first-order chi connectivity index (χ1) is 13.3. The highest BCUT2D eigenvalue weighted by molar-refractivity contribution is 5.93. The van der Waals surface area contributed by atoms with E-state index in [-0.39, 0.29) is 24.2 Å². The molecule has 1 aromatic heterocycles. The molecule has 2 aromatic carbocycles. The Morgan fingerprint density at radius 3 is 2.54 bits per heavy atom. The van der Waals surface area contributed by atoms with Gasteiger partial charge in [-0.25, -0.2) is 4.98 Å². The van der Waals surface area contributed by atoms with E-state index in [1.807, 2.05) is 32.0 Å². The number of hydrogen-bond donors (Lipinski definition) is 1. The molecule has 0 fully saturated rings. The van der Waals surface area contributed by atoms with Crippen LogP contribution in [0.1, 0.15) is 18.1 Å². The van der Waals surface area contributed by atoms with Crippen molar-refractivity contribution in [2.24, 2.45) is 0 Å². The molecule has 1 N–H and O–H groups in total. The molecule has 7 nitrogen and oxygen atoms in total. The topological polar surface area (TPSA) is 84.3 Å². The van der Waals surface area contributed by atoms with Crippen LogP contribution in [-0.4, -0.2) is 28.4 Å². The van der Waals surface area contributed by atoms with Crippen molar-refractivity contribution in [1.29, 1.82) is 0 Å². The number of anilines is 2. The molecule has 1 heterocycles. The molecule has 0 unspecified atom stereocenters. The normalized spacial score (nSPS) is 10.7. The number of amides is 2. The summed E-state index contributed by atoms with van der Waals surface area (Å²) in [5, 5.41) is 2.85. The minimum absolute atomic E-state index is 0.00878. The molecule has 0 aliphatic carbocycles. The van der Waals surface area contributed by atoms with Crippen molar-refractivity contribution in [2.45, 2.75) is 27.3 Å². The third kappa shape index (κ3) is 3.78. The third-order valence-corrected chi connectivity index (χ3v) is 4.58. The van der Waals surface area contributed by atoms with Crippen LogP contribution in [0.3, 0.4) is 0 Å². The molecular weight excluding hydrogens is 356 g/mol. The smallest absolute Gasteiger partial charge is 0.294 e. The zero-order chi connectivity index (χ0) is 20.4. The van der Waals surface area contributed by atoms with E-state index in [1.165, 1.54) is 23.4 Å². The fraction of sp³-hybridized carbons (Fsp3) is 0.238. The van der Waals surface area contributed by atoms with Crippen LogP contribution >= 0.6 is 0 Å². The van der Waals surface area contributed by atoms with Crippen LogP contribution in [0.2, 0.25) is 0 Å². The van der Waals surface area contributed by atoms with Gasteiger partial charge in [0.2, 0.25) is 17.6 Å². The van der Waals surface area contributed by atoms with Crippen LogP contribution in [0, 0.1) is 13.8 Å². The second-order valence-corrected chi connectivity index (χ2v) is 6.76. The van der Waals surface area contributed by atoms with Crippen molar-refractivity contribution in [2.75, 3.05) is 17.3 Å². The van der Waals surface area contributed by atoms with Crippen LogP contribution in [0.4, 0.5) is 11.5 Å². The summed E-state index contributed by atoms with van der Waals surface area (Å²) in [5.41, 5.74) is 3.31. The zero-order valence-electron chi connectivity index (χ0n) is 16.3. The fourth-order valence-electron chi connectivity index (χ4n) is 2.99. The summed E-state index contributed by atoms with van der Waals surface area (Å²) in [6.07, 6.45) is 0. The average Bonchev–Trinajstić information content (AvgIpc) is 2.65. The van der Waals surface area contributed by atoms with Crippen LogP contribution in [0.15, 0.2) is 47.3 Å². The van der Waals surface area contributed by atoms with Gasteiger partial charge < -0.3 is 5.32 Å². The number of rotatable bonds is 4. The number of carbonyl (C=O) groups excluding carboxylic acids is 2. The van der Waals surface area contributed by atoms with Gasteiger partial charge >= 0.3 is 0 Å². The monoisotopic (exact) mass is 378 g/mol. The van der Waals surface area contributed by atoms with Gasteiger partial charge in [-0.3, -0.25) is 23.9 Å². The predicted molar refractivity (Wildman–Crippen MR) is 110 cm³/mol. The Morgan fingerprint density at radius 1 is 1.14 bits per heavy atom. The maximum Gasteiger partial charge on any atom is 0.294 e. The summed E-state index contributed by atoms with van der Waals surface area (Å²) in [6.45, 7) is 5.06. The lowest BCUT2D eigenvalue weighted by molar-refractivity contribution is -0.117. The molecule has 0 aliphatic rings. The number of nitrogens with one attached hydrogen (secondary N) is 1. The number of hydrogen-bond acceptors (Lipinski definition) is 4. The van der Waals surface area contributed by atoms with Gasteiger partial charge in [0, 0.05) is 19.7 Å². The maximum atomic E-state index is 13.0. The molecular formula is C21H22N4O3. The van der Waals surface area contributed by atoms with E-state index < -0.39 is 5.56 Å². The highest BCUT2D eigenvalue weighted by atomic mass is 16.2. The first kappa shape index (κ1) is 19.3. The molecule has 0 aliphatic heterocycles. The molecule has 0 atom stereocenters. The Kier molecular flexibility index (Phi) is 5.26. The molecule has 7 heteroatoms. The van der Waals surface area contributed by atoms with Crippen LogP contribution in [0.25, 0.3) is 11.0 Å². The lowest BCUT2D eigenvalue weighted by Gasteiger charge is -2.17. The minimum atomic E-state index is -0.493. The average molecular weight is 378 g/mol. The molecule has 144 valence electrons. The lowest BCUT2D eigenvalue weighted by Crippen LogP contribution is -2.36. The summed E-state index contributed by atoms with van der Waals surface area (Å²) in [5.74, 6) is -0.654. The minimum Gasteiger partial charge on any atom is -0.324 e. The van der Waals surface area contributed by atoms with E-state index in [1.54, 1.807) is 24.3 Å². The van der Waals surface area contributed by atoms with E-state index in [9.17, 15) is 14.4 Å². The molecule has 0 radical (unpaired) electrons. The van der Waals surface area contributed by atoms with E-state index in [0.717, 1.165) is 11.1 Å². The SMILES string of the molecule is CC(=O)N(C)c1nc2ccccc2n(CC(=O)Nc2ccc(C)cc2C)c1=O. The van der Waals surface area contributed by atoms with Crippen molar-refractivity contribution in [3.8, 4) is 0 Å². The van der Waals surface area contributed by atoms with Gasteiger partial charge in [0.25, 0.3) is 5.56 Å². The van der Waals surface area contributed by atoms with E-state index >= 15 is 0 Å². The molecule has 0 saturated carbocycles. The van der Waals surface area contributed by atoms with Gasteiger partial charge in [-0.15, -0.1) is 0 Å². The number of carbonyl (C=O) groups is 2. The number of aromatic nitrogens is 2. The van der Waals surface area contributed by atoms with Gasteiger partial charge in [0.15, 0.2) is 0 Å².